The van der Waals surface area contributed by atoms with Crippen LogP contribution in [0.4, 0.5) is 13.2 Å². The van der Waals surface area contributed by atoms with Crippen molar-refractivity contribution in [3.8, 4) is 11.1 Å². The zero-order chi connectivity index (χ0) is 33.0. The van der Waals surface area contributed by atoms with Crippen LogP contribution in [-0.2, 0) is 18.9 Å². The number of hydrogen-bond donors (Lipinski definition) is 5. The van der Waals surface area contributed by atoms with Crippen LogP contribution in [0.2, 0.25) is 5.31 Å². The molecule has 0 saturated heterocycles. The van der Waals surface area contributed by atoms with Gasteiger partial charge in [-0.2, -0.15) is 5.10 Å². The van der Waals surface area contributed by atoms with Crippen LogP contribution in [0.25, 0.3) is 33.8 Å². The van der Waals surface area contributed by atoms with Crippen molar-refractivity contribution in [2.75, 3.05) is 21.3 Å². The molecule has 230 valence electrons. The Morgan fingerprint density at radius 2 is 1.72 bits per heavy atom. The molecule has 2 heterocycles. The van der Waals surface area contributed by atoms with E-state index in [1.54, 1.807) is 7.05 Å². The van der Waals surface area contributed by atoms with Crippen LogP contribution in [0.3, 0.4) is 0 Å². The van der Waals surface area contributed by atoms with Gasteiger partial charge in [0.25, 0.3) is 5.92 Å². The highest BCUT2D eigenvalue weighted by atomic mass is 19.3. The molecule has 2 aromatic heterocycles. The standard InChI is InChI=1S/C20H21BN4.C10H12F3N.2CH4O/c1-5-13-8-15(11-23-18(13)10-20(3,4)21)14-6-7-16-17(9-14)24-25-19(16)12(2)22;1-10(12,13)8-3-4-9(11)7(5-8)6-14-2;2*1-2/h5-9,11H,1-2,10,22H2,3-4H3,(H,24,25);3-5,14H,6H2,1-2H3;2*2H,1H3. The molecule has 0 saturated carbocycles. The van der Waals surface area contributed by atoms with Crippen LogP contribution in [0, 0.1) is 5.82 Å². The summed E-state index contributed by atoms with van der Waals surface area (Å²) in [6, 6.07) is 11.5. The minimum absolute atomic E-state index is 0.163. The largest absolute Gasteiger partial charge is 0.400 e. The SMILES string of the molecule is CNCc1cc(C(C)(F)F)ccc1F.CO.CO.[B]C(C)(C)Cc1ncc(-c2ccc3c(C(=C)N)n[nH]c3c2)cc1C=C. The van der Waals surface area contributed by atoms with Crippen LogP contribution in [0.1, 0.15) is 48.8 Å². The molecule has 0 fully saturated rings. The quantitative estimate of drug-likeness (QED) is 0.160. The van der Waals surface area contributed by atoms with Gasteiger partial charge < -0.3 is 21.3 Å². The van der Waals surface area contributed by atoms with Crippen molar-refractivity contribution in [1.82, 2.24) is 20.5 Å². The molecule has 0 spiro atoms. The van der Waals surface area contributed by atoms with Crippen LogP contribution in [-0.4, -0.2) is 54.5 Å². The van der Waals surface area contributed by atoms with Crippen LogP contribution >= 0.6 is 0 Å². The van der Waals surface area contributed by atoms with E-state index >= 15 is 0 Å². The van der Waals surface area contributed by atoms with E-state index < -0.39 is 11.7 Å². The summed E-state index contributed by atoms with van der Waals surface area (Å²) < 4.78 is 38.8. The molecule has 0 aliphatic heterocycles. The van der Waals surface area contributed by atoms with Crippen molar-refractivity contribution in [3.63, 3.8) is 0 Å². The number of nitrogens with two attached hydrogens (primary N) is 1. The summed E-state index contributed by atoms with van der Waals surface area (Å²) in [5.41, 5.74) is 11.9. The molecule has 4 rings (SSSR count). The number of hydrogen-bond acceptors (Lipinski definition) is 6. The first-order chi connectivity index (χ1) is 20.2. The first-order valence-electron chi connectivity index (χ1n) is 13.3. The molecule has 43 heavy (non-hydrogen) atoms. The van der Waals surface area contributed by atoms with E-state index in [1.165, 1.54) is 6.07 Å². The third kappa shape index (κ3) is 10.7. The lowest BCUT2D eigenvalue weighted by Crippen LogP contribution is -2.11. The summed E-state index contributed by atoms with van der Waals surface area (Å²) in [4.78, 5) is 4.61. The van der Waals surface area contributed by atoms with Crippen LogP contribution < -0.4 is 11.1 Å². The van der Waals surface area contributed by atoms with Crippen LogP contribution in [0.5, 0.6) is 0 Å². The fourth-order valence-electron chi connectivity index (χ4n) is 4.04. The number of H-pyrrole nitrogens is 1. The molecule has 0 unspecified atom stereocenters. The molecule has 2 radical (unpaired) electrons. The van der Waals surface area contributed by atoms with E-state index in [-0.39, 0.29) is 23.0 Å². The Bertz CT molecular complexity index is 1490. The minimum Gasteiger partial charge on any atom is -0.400 e. The molecule has 0 bridgehead atoms. The highest BCUT2D eigenvalue weighted by molar-refractivity contribution is 6.14. The van der Waals surface area contributed by atoms with Gasteiger partial charge in [0.15, 0.2) is 0 Å². The average molecular weight is 596 g/mol. The zero-order valence-corrected chi connectivity index (χ0v) is 25.6. The number of halogens is 3. The van der Waals surface area contributed by atoms with Crippen molar-refractivity contribution in [2.45, 2.75) is 45.0 Å². The molecule has 0 aliphatic carbocycles. The number of benzene rings is 2. The summed E-state index contributed by atoms with van der Waals surface area (Å²) in [5, 5.41) is 24.6. The molecule has 0 amide bonds. The summed E-state index contributed by atoms with van der Waals surface area (Å²) in [6.45, 7) is 12.7. The Labute approximate surface area is 253 Å². The van der Waals surface area contributed by atoms with Gasteiger partial charge in [-0.3, -0.25) is 10.1 Å². The van der Waals surface area contributed by atoms with Gasteiger partial charge in [-0.1, -0.05) is 50.5 Å². The van der Waals surface area contributed by atoms with Gasteiger partial charge in [-0.15, -0.1) is 0 Å². The summed E-state index contributed by atoms with van der Waals surface area (Å²) in [7, 11) is 9.76. The van der Waals surface area contributed by atoms with Gasteiger partial charge in [0, 0.05) is 61.7 Å². The lowest BCUT2D eigenvalue weighted by Gasteiger charge is -2.19. The van der Waals surface area contributed by atoms with Crippen molar-refractivity contribution < 1.29 is 23.4 Å². The van der Waals surface area contributed by atoms with Gasteiger partial charge in [-0.25, -0.2) is 13.2 Å². The number of nitrogens with one attached hydrogen (secondary N) is 2. The van der Waals surface area contributed by atoms with E-state index in [2.05, 4.69) is 39.7 Å². The van der Waals surface area contributed by atoms with Gasteiger partial charge >= 0.3 is 0 Å². The predicted octanol–water partition coefficient (Wildman–Crippen LogP) is 5.98. The van der Waals surface area contributed by atoms with E-state index in [9.17, 15) is 13.2 Å². The Morgan fingerprint density at radius 3 is 2.26 bits per heavy atom. The normalized spacial score (nSPS) is 10.9. The first kappa shape index (κ1) is 37.1. The van der Waals surface area contributed by atoms with Crippen molar-refractivity contribution in [3.05, 3.63) is 95.7 Å². The third-order valence-electron chi connectivity index (χ3n) is 5.97. The van der Waals surface area contributed by atoms with Crippen molar-refractivity contribution >= 4 is 30.5 Å². The summed E-state index contributed by atoms with van der Waals surface area (Å²) in [5.74, 6) is -3.39. The molecule has 0 atom stereocenters. The van der Waals surface area contributed by atoms with Crippen LogP contribution in [0.15, 0.2) is 61.8 Å². The monoisotopic (exact) mass is 595 g/mol. The van der Waals surface area contributed by atoms with E-state index in [0.717, 1.165) is 66.6 Å². The molecule has 7 nitrogen and oxygen atoms in total. The maximum absolute atomic E-state index is 13.1. The number of aliphatic hydroxyl groups is 2. The number of aromatic nitrogens is 3. The molecule has 11 heteroatoms. The molecule has 0 aliphatic rings. The van der Waals surface area contributed by atoms with Gasteiger partial charge in [-0.05, 0) is 54.9 Å². The molecule has 4 aromatic rings. The highest BCUT2D eigenvalue weighted by Crippen LogP contribution is 2.31. The van der Waals surface area contributed by atoms with E-state index in [0.29, 0.717) is 17.8 Å². The lowest BCUT2D eigenvalue weighted by atomic mass is 9.69. The Hall–Kier alpha value is -3.93. The molecular weight excluding hydrogens is 554 g/mol. The number of rotatable bonds is 8. The van der Waals surface area contributed by atoms with Gasteiger partial charge in [0.2, 0.25) is 0 Å². The Morgan fingerprint density at radius 1 is 1.07 bits per heavy atom. The summed E-state index contributed by atoms with van der Waals surface area (Å²) in [6.07, 6.45) is 4.38. The zero-order valence-electron chi connectivity index (χ0n) is 25.6. The number of aliphatic hydroxyl groups excluding tert-OH is 2. The topological polar surface area (TPSA) is 120 Å². The number of nitrogens with zero attached hydrogens (tertiary/aromatic N) is 2. The average Bonchev–Trinajstić information content (AvgIpc) is 3.39. The second kappa shape index (κ2) is 16.6. The highest BCUT2D eigenvalue weighted by Gasteiger charge is 2.25. The Balaban J connectivity index is 0.000000437. The lowest BCUT2D eigenvalue weighted by molar-refractivity contribution is 0.0173. The Kier molecular flexibility index (Phi) is 14.4. The number of fused-ring (bicyclic) bond motifs is 1. The molecule has 2 aromatic carbocycles. The fraction of sp³-hybridized carbons (Fsp3) is 0.312. The minimum atomic E-state index is -2.92. The molecular formula is C32H41BF3N5O2. The number of alkyl halides is 2. The fourth-order valence-corrected chi connectivity index (χ4v) is 4.04. The molecule has 6 N–H and O–H groups in total. The van der Waals surface area contributed by atoms with E-state index in [1.807, 2.05) is 44.3 Å². The maximum Gasteiger partial charge on any atom is 0.270 e. The first-order valence-corrected chi connectivity index (χ1v) is 13.3. The van der Waals surface area contributed by atoms with Gasteiger partial charge in [0.05, 0.1) is 19.1 Å². The van der Waals surface area contributed by atoms with Crippen molar-refractivity contribution in [2.24, 2.45) is 5.73 Å². The third-order valence-corrected chi connectivity index (χ3v) is 5.97. The predicted molar refractivity (Wildman–Crippen MR) is 171 cm³/mol. The van der Waals surface area contributed by atoms with Crippen molar-refractivity contribution in [1.29, 1.82) is 0 Å². The van der Waals surface area contributed by atoms with Gasteiger partial charge in [0.1, 0.15) is 11.5 Å². The van der Waals surface area contributed by atoms with E-state index in [4.69, 9.17) is 23.8 Å². The number of pyridine rings is 1. The summed E-state index contributed by atoms with van der Waals surface area (Å²) >= 11 is 0. The second-order valence-electron chi connectivity index (χ2n) is 10.2. The second-order valence-corrected chi connectivity index (χ2v) is 10.2. The number of aromatic amines is 1. The maximum atomic E-state index is 13.1. The smallest absolute Gasteiger partial charge is 0.270 e.